The molecule has 2 aromatic heterocycles. The number of para-hydroxylation sites is 2. The van der Waals surface area contributed by atoms with E-state index in [1.165, 1.54) is 11.8 Å². The fourth-order valence-corrected chi connectivity index (χ4v) is 4.61. The quantitative estimate of drug-likeness (QED) is 0.308. The van der Waals surface area contributed by atoms with Crippen LogP contribution in [0.2, 0.25) is 0 Å². The molecule has 7 heteroatoms. The third-order valence-electron chi connectivity index (χ3n) is 5.20. The number of nitrogens with zero attached hydrogens (tertiary/aromatic N) is 4. The molecule has 0 aliphatic rings. The van der Waals surface area contributed by atoms with Crippen molar-refractivity contribution in [2.75, 3.05) is 6.61 Å². The van der Waals surface area contributed by atoms with Gasteiger partial charge in [0.25, 0.3) is 0 Å². The third-order valence-corrected chi connectivity index (χ3v) is 6.14. The first-order valence-electron chi connectivity index (χ1n) is 10.2. The number of hydrogen-bond acceptors (Lipinski definition) is 6. The van der Waals surface area contributed by atoms with Crippen molar-refractivity contribution >= 4 is 28.6 Å². The monoisotopic (exact) mass is 432 g/mol. The number of esters is 1. The van der Waals surface area contributed by atoms with Crippen molar-refractivity contribution in [2.24, 2.45) is 0 Å². The second-order valence-corrected chi connectivity index (χ2v) is 8.18. The van der Waals surface area contributed by atoms with Crippen LogP contribution < -0.4 is 0 Å². The van der Waals surface area contributed by atoms with E-state index in [2.05, 4.69) is 29.3 Å². The van der Waals surface area contributed by atoms with Crippen molar-refractivity contribution in [1.29, 1.82) is 0 Å². The maximum Gasteiger partial charge on any atom is 0.340 e. The van der Waals surface area contributed by atoms with Gasteiger partial charge in [-0.3, -0.25) is 9.55 Å². The molecule has 0 atom stereocenters. The molecule has 158 valence electrons. The van der Waals surface area contributed by atoms with Crippen molar-refractivity contribution in [2.45, 2.75) is 38.6 Å². The van der Waals surface area contributed by atoms with Gasteiger partial charge < -0.3 is 4.74 Å². The average molecular weight is 433 g/mol. The highest BCUT2D eigenvalue weighted by atomic mass is 32.2. The number of carbonyl (C=O) groups excluding carboxylic acids is 1. The van der Waals surface area contributed by atoms with Crippen molar-refractivity contribution in [3.05, 3.63) is 76.7 Å². The molecule has 0 fully saturated rings. The highest BCUT2D eigenvalue weighted by Gasteiger charge is 2.21. The van der Waals surface area contributed by atoms with Crippen LogP contribution in [-0.2, 0) is 10.5 Å². The molecule has 4 aromatic rings. The Morgan fingerprint density at radius 1 is 1.03 bits per heavy atom. The van der Waals surface area contributed by atoms with Crippen LogP contribution in [-0.4, -0.2) is 32.3 Å². The Kier molecular flexibility index (Phi) is 6.04. The maximum absolute atomic E-state index is 12.8. The lowest BCUT2D eigenvalue weighted by Gasteiger charge is -2.14. The van der Waals surface area contributed by atoms with E-state index in [1.807, 2.05) is 61.7 Å². The van der Waals surface area contributed by atoms with E-state index in [4.69, 9.17) is 9.72 Å². The fraction of sp³-hybridized carbons (Fsp3) is 0.250. The second-order valence-electron chi connectivity index (χ2n) is 7.24. The zero-order valence-electron chi connectivity index (χ0n) is 18.0. The van der Waals surface area contributed by atoms with Gasteiger partial charge in [-0.2, -0.15) is 0 Å². The Labute approximate surface area is 185 Å². The summed E-state index contributed by atoms with van der Waals surface area (Å²) in [5.41, 5.74) is 5.15. The minimum atomic E-state index is -0.342. The second kappa shape index (κ2) is 8.89. The molecule has 0 saturated carbocycles. The van der Waals surface area contributed by atoms with Gasteiger partial charge in [-0.15, -0.1) is 10.2 Å². The summed E-state index contributed by atoms with van der Waals surface area (Å²) in [6.45, 7) is 8.08. The van der Waals surface area contributed by atoms with E-state index in [9.17, 15) is 4.79 Å². The molecule has 31 heavy (non-hydrogen) atoms. The number of aryl methyl sites for hydroxylation is 3. The van der Waals surface area contributed by atoms with Gasteiger partial charge in [-0.05, 0) is 51.0 Å². The molecular formula is C24H24N4O2S. The first-order valence-corrected chi connectivity index (χ1v) is 11.2. The maximum atomic E-state index is 12.8. The number of ether oxygens (including phenoxy) is 1. The molecule has 0 aliphatic carbocycles. The van der Waals surface area contributed by atoms with Crippen LogP contribution in [0.5, 0.6) is 0 Å². The standard InChI is InChI=1S/C24H24N4O2S/c1-5-30-23(29)22-16(3)18-11-7-8-12-19(18)25-20(22)14-31-24-27-26-17(4)28(24)21-13-9-6-10-15(21)2/h6-13H,5,14H2,1-4H3. The SMILES string of the molecule is CCOC(=O)c1c(CSc2nnc(C)n2-c2ccccc2C)nc2ccccc2c1C. The number of thioether (sulfide) groups is 1. The van der Waals surface area contributed by atoms with Crippen LogP contribution in [0.15, 0.2) is 53.7 Å². The van der Waals surface area contributed by atoms with Crippen molar-refractivity contribution in [3.8, 4) is 5.69 Å². The predicted octanol–water partition coefficient (Wildman–Crippen LogP) is 5.21. The van der Waals surface area contributed by atoms with Crippen molar-refractivity contribution < 1.29 is 9.53 Å². The average Bonchev–Trinajstić information content (AvgIpc) is 3.13. The molecule has 0 N–H and O–H groups in total. The van der Waals surface area contributed by atoms with E-state index < -0.39 is 0 Å². The normalized spacial score (nSPS) is 11.1. The Morgan fingerprint density at radius 3 is 2.55 bits per heavy atom. The van der Waals surface area contributed by atoms with E-state index in [0.29, 0.717) is 23.6 Å². The summed E-state index contributed by atoms with van der Waals surface area (Å²) in [5.74, 6) is 0.944. The minimum Gasteiger partial charge on any atom is -0.462 e. The topological polar surface area (TPSA) is 69.9 Å². The van der Waals surface area contributed by atoms with Crippen molar-refractivity contribution in [3.63, 3.8) is 0 Å². The molecule has 4 rings (SSSR count). The molecule has 2 aromatic carbocycles. The lowest BCUT2D eigenvalue weighted by Crippen LogP contribution is -2.12. The summed E-state index contributed by atoms with van der Waals surface area (Å²) >= 11 is 1.51. The van der Waals surface area contributed by atoms with Crippen LogP contribution in [0.1, 0.15) is 39.9 Å². The van der Waals surface area contributed by atoms with Gasteiger partial charge in [0.2, 0.25) is 0 Å². The van der Waals surface area contributed by atoms with Gasteiger partial charge >= 0.3 is 5.97 Å². The smallest absolute Gasteiger partial charge is 0.340 e. The first-order chi connectivity index (χ1) is 15.0. The molecule has 0 aliphatic heterocycles. The summed E-state index contributed by atoms with van der Waals surface area (Å²) in [7, 11) is 0. The van der Waals surface area contributed by atoms with E-state index in [-0.39, 0.29) is 5.97 Å². The molecular weight excluding hydrogens is 408 g/mol. The van der Waals surface area contributed by atoms with Crippen LogP contribution in [0.4, 0.5) is 0 Å². The molecule has 0 radical (unpaired) electrons. The van der Waals surface area contributed by atoms with E-state index in [1.54, 1.807) is 0 Å². The Balaban J connectivity index is 1.74. The number of pyridine rings is 1. The number of hydrogen-bond donors (Lipinski definition) is 0. The Bertz CT molecular complexity index is 1270. The van der Waals surface area contributed by atoms with Gasteiger partial charge in [0.1, 0.15) is 5.82 Å². The number of carbonyl (C=O) groups is 1. The van der Waals surface area contributed by atoms with E-state index in [0.717, 1.165) is 38.7 Å². The third kappa shape index (κ3) is 4.05. The molecule has 2 heterocycles. The van der Waals surface area contributed by atoms with E-state index >= 15 is 0 Å². The van der Waals surface area contributed by atoms with Gasteiger partial charge in [0.15, 0.2) is 5.16 Å². The number of rotatable bonds is 6. The summed E-state index contributed by atoms with van der Waals surface area (Å²) in [6.07, 6.45) is 0. The Hall–Kier alpha value is -3.19. The largest absolute Gasteiger partial charge is 0.462 e. The van der Waals surface area contributed by atoms with Crippen molar-refractivity contribution in [1.82, 2.24) is 19.7 Å². The molecule has 0 spiro atoms. The lowest BCUT2D eigenvalue weighted by atomic mass is 10.0. The van der Waals surface area contributed by atoms with Gasteiger partial charge in [0, 0.05) is 11.1 Å². The number of aromatic nitrogens is 4. The molecule has 0 amide bonds. The Morgan fingerprint density at radius 2 is 1.77 bits per heavy atom. The number of fused-ring (bicyclic) bond motifs is 1. The highest BCUT2D eigenvalue weighted by molar-refractivity contribution is 7.98. The summed E-state index contributed by atoms with van der Waals surface area (Å²) < 4.78 is 7.38. The molecule has 6 nitrogen and oxygen atoms in total. The molecule has 0 saturated heterocycles. The van der Waals surface area contributed by atoms with Crippen LogP contribution in [0.25, 0.3) is 16.6 Å². The summed E-state index contributed by atoms with van der Waals surface area (Å²) in [6, 6.07) is 16.0. The fourth-order valence-electron chi connectivity index (χ4n) is 3.68. The highest BCUT2D eigenvalue weighted by Crippen LogP contribution is 2.30. The zero-order chi connectivity index (χ0) is 22.0. The van der Waals surface area contributed by atoms with Gasteiger partial charge in [0.05, 0.1) is 29.1 Å². The zero-order valence-corrected chi connectivity index (χ0v) is 18.9. The van der Waals surface area contributed by atoms with Gasteiger partial charge in [-0.25, -0.2) is 4.79 Å². The summed E-state index contributed by atoms with van der Waals surface area (Å²) in [5, 5.41) is 10.4. The van der Waals surface area contributed by atoms with Crippen LogP contribution in [0, 0.1) is 20.8 Å². The molecule has 0 unspecified atom stereocenters. The van der Waals surface area contributed by atoms with Crippen LogP contribution >= 0.6 is 11.8 Å². The number of benzene rings is 2. The van der Waals surface area contributed by atoms with Gasteiger partial charge in [-0.1, -0.05) is 48.2 Å². The predicted molar refractivity (Wildman–Crippen MR) is 123 cm³/mol. The minimum absolute atomic E-state index is 0.318. The first kappa shape index (κ1) is 21.1. The lowest BCUT2D eigenvalue weighted by molar-refractivity contribution is 0.0524. The van der Waals surface area contributed by atoms with Crippen LogP contribution in [0.3, 0.4) is 0 Å². The molecule has 0 bridgehead atoms. The summed E-state index contributed by atoms with van der Waals surface area (Å²) in [4.78, 5) is 17.6.